The number of ether oxygens (including phenoxy) is 2. The van der Waals surface area contributed by atoms with Crippen LogP contribution >= 0.6 is 11.6 Å². The Hall–Kier alpha value is -4.43. The van der Waals surface area contributed by atoms with Crippen LogP contribution in [0.15, 0.2) is 91.0 Å². The van der Waals surface area contributed by atoms with Gasteiger partial charge in [-0.15, -0.1) is 15.3 Å². The van der Waals surface area contributed by atoms with E-state index in [1.807, 2.05) is 72.8 Å². The third-order valence-electron chi connectivity index (χ3n) is 5.36. The SMILES string of the molecule is O=C(COc1ccc(-c2ccccc2)cc1)NCCOc1ccc2nnc(-c3ccccc3Cl)n2n1. The fourth-order valence-corrected chi connectivity index (χ4v) is 3.80. The molecule has 5 aromatic rings. The van der Waals surface area contributed by atoms with Crippen molar-refractivity contribution in [1.29, 1.82) is 0 Å². The second-order valence-corrected chi connectivity index (χ2v) is 8.23. The maximum Gasteiger partial charge on any atom is 0.258 e. The van der Waals surface area contributed by atoms with Gasteiger partial charge in [0.15, 0.2) is 18.1 Å². The fraction of sp³-hybridized carbons (Fsp3) is 0.111. The highest BCUT2D eigenvalue weighted by Crippen LogP contribution is 2.26. The summed E-state index contributed by atoms with van der Waals surface area (Å²) in [7, 11) is 0. The van der Waals surface area contributed by atoms with E-state index in [1.54, 1.807) is 22.7 Å². The molecule has 9 heteroatoms. The molecular formula is C27H22ClN5O3. The predicted molar refractivity (Wildman–Crippen MR) is 137 cm³/mol. The van der Waals surface area contributed by atoms with E-state index >= 15 is 0 Å². The van der Waals surface area contributed by atoms with Gasteiger partial charge in [0.05, 0.1) is 11.6 Å². The molecule has 2 heterocycles. The number of hydrogen-bond acceptors (Lipinski definition) is 6. The van der Waals surface area contributed by atoms with Crippen molar-refractivity contribution in [3.05, 3.63) is 96.0 Å². The van der Waals surface area contributed by atoms with Crippen LogP contribution in [0.5, 0.6) is 11.6 Å². The first-order valence-electron chi connectivity index (χ1n) is 11.3. The predicted octanol–water partition coefficient (Wildman–Crippen LogP) is 4.69. The molecule has 36 heavy (non-hydrogen) atoms. The molecule has 0 spiro atoms. The molecule has 0 aliphatic heterocycles. The van der Waals surface area contributed by atoms with Gasteiger partial charge in [0, 0.05) is 11.6 Å². The zero-order chi connectivity index (χ0) is 24.7. The number of hydrogen-bond donors (Lipinski definition) is 1. The minimum absolute atomic E-state index is 0.0865. The van der Waals surface area contributed by atoms with Crippen LogP contribution in [0, 0.1) is 0 Å². The van der Waals surface area contributed by atoms with Crippen LogP contribution in [-0.4, -0.2) is 45.5 Å². The van der Waals surface area contributed by atoms with Gasteiger partial charge in [-0.1, -0.05) is 66.2 Å². The molecule has 180 valence electrons. The highest BCUT2D eigenvalue weighted by Gasteiger charge is 2.13. The molecule has 0 saturated heterocycles. The van der Waals surface area contributed by atoms with Gasteiger partial charge in [-0.3, -0.25) is 4.79 Å². The quantitative estimate of drug-likeness (QED) is 0.296. The van der Waals surface area contributed by atoms with Crippen molar-refractivity contribution in [3.8, 4) is 34.1 Å². The number of aromatic nitrogens is 4. The zero-order valence-electron chi connectivity index (χ0n) is 19.2. The molecule has 5 rings (SSSR count). The molecule has 0 atom stereocenters. The Morgan fingerprint density at radius 2 is 1.58 bits per heavy atom. The number of amides is 1. The maximum atomic E-state index is 12.1. The van der Waals surface area contributed by atoms with Gasteiger partial charge in [0.2, 0.25) is 5.88 Å². The van der Waals surface area contributed by atoms with Crippen LogP contribution in [0.25, 0.3) is 28.2 Å². The number of halogens is 1. The number of carbonyl (C=O) groups is 1. The van der Waals surface area contributed by atoms with E-state index in [-0.39, 0.29) is 19.1 Å². The lowest BCUT2D eigenvalue weighted by molar-refractivity contribution is -0.123. The van der Waals surface area contributed by atoms with Crippen LogP contribution < -0.4 is 14.8 Å². The van der Waals surface area contributed by atoms with Gasteiger partial charge >= 0.3 is 0 Å². The van der Waals surface area contributed by atoms with E-state index in [0.29, 0.717) is 34.7 Å². The third-order valence-corrected chi connectivity index (χ3v) is 5.69. The molecule has 0 bridgehead atoms. The Morgan fingerprint density at radius 3 is 2.39 bits per heavy atom. The molecule has 2 aromatic heterocycles. The average Bonchev–Trinajstić information content (AvgIpc) is 3.34. The lowest BCUT2D eigenvalue weighted by Crippen LogP contribution is -2.32. The first-order chi connectivity index (χ1) is 17.7. The van der Waals surface area contributed by atoms with Crippen LogP contribution in [-0.2, 0) is 4.79 Å². The normalized spacial score (nSPS) is 10.8. The molecule has 1 N–H and O–H groups in total. The van der Waals surface area contributed by atoms with Crippen molar-refractivity contribution in [2.24, 2.45) is 0 Å². The number of carbonyl (C=O) groups excluding carboxylic acids is 1. The van der Waals surface area contributed by atoms with Gasteiger partial charge < -0.3 is 14.8 Å². The Labute approximate surface area is 212 Å². The van der Waals surface area contributed by atoms with Gasteiger partial charge in [-0.05, 0) is 41.5 Å². The van der Waals surface area contributed by atoms with E-state index in [2.05, 4.69) is 20.6 Å². The summed E-state index contributed by atoms with van der Waals surface area (Å²) >= 11 is 6.29. The molecule has 0 aliphatic carbocycles. The lowest BCUT2D eigenvalue weighted by Gasteiger charge is -2.09. The summed E-state index contributed by atoms with van der Waals surface area (Å²) < 4.78 is 12.9. The second-order valence-electron chi connectivity index (χ2n) is 7.82. The fourth-order valence-electron chi connectivity index (χ4n) is 3.58. The Balaban J connectivity index is 1.10. The summed E-state index contributed by atoms with van der Waals surface area (Å²) in [5.41, 5.74) is 3.50. The van der Waals surface area contributed by atoms with Crippen molar-refractivity contribution in [2.45, 2.75) is 0 Å². The van der Waals surface area contributed by atoms with Gasteiger partial charge in [0.25, 0.3) is 5.91 Å². The second kappa shape index (κ2) is 10.9. The number of nitrogens with zero attached hydrogens (tertiary/aromatic N) is 4. The van der Waals surface area contributed by atoms with Gasteiger partial charge in [0.1, 0.15) is 12.4 Å². The molecule has 0 saturated carbocycles. The van der Waals surface area contributed by atoms with Crippen molar-refractivity contribution in [2.75, 3.05) is 19.8 Å². The van der Waals surface area contributed by atoms with E-state index < -0.39 is 0 Å². The average molecular weight is 500 g/mol. The molecule has 0 radical (unpaired) electrons. The van der Waals surface area contributed by atoms with Gasteiger partial charge in [-0.2, -0.15) is 4.52 Å². The Bertz CT molecular complexity index is 1470. The molecule has 1 amide bonds. The molecule has 0 aliphatic rings. The molecule has 8 nitrogen and oxygen atoms in total. The summed E-state index contributed by atoms with van der Waals surface area (Å²) in [6, 6.07) is 28.5. The first-order valence-corrected chi connectivity index (χ1v) is 11.7. The summed E-state index contributed by atoms with van der Waals surface area (Å²) in [6.45, 7) is 0.449. The van der Waals surface area contributed by atoms with Crippen LogP contribution in [0.3, 0.4) is 0 Å². The Kier molecular flexibility index (Phi) is 7.05. The summed E-state index contributed by atoms with van der Waals surface area (Å²) in [4.78, 5) is 12.1. The number of nitrogens with one attached hydrogen (secondary N) is 1. The van der Waals surface area contributed by atoms with Crippen molar-refractivity contribution < 1.29 is 14.3 Å². The van der Waals surface area contributed by atoms with Crippen molar-refractivity contribution in [1.82, 2.24) is 25.1 Å². The summed E-state index contributed by atoms with van der Waals surface area (Å²) in [6.07, 6.45) is 0. The smallest absolute Gasteiger partial charge is 0.258 e. The van der Waals surface area contributed by atoms with Gasteiger partial charge in [-0.25, -0.2) is 0 Å². The number of rotatable bonds is 9. The van der Waals surface area contributed by atoms with Crippen molar-refractivity contribution >= 4 is 23.2 Å². The maximum absolute atomic E-state index is 12.1. The first kappa shape index (κ1) is 23.3. The topological polar surface area (TPSA) is 90.6 Å². The highest BCUT2D eigenvalue weighted by molar-refractivity contribution is 6.33. The molecule has 0 unspecified atom stereocenters. The molecule has 3 aromatic carbocycles. The minimum atomic E-state index is -0.242. The van der Waals surface area contributed by atoms with Crippen LogP contribution in [0.1, 0.15) is 0 Å². The summed E-state index contributed by atoms with van der Waals surface area (Å²) in [5.74, 6) is 1.28. The Morgan fingerprint density at radius 1 is 0.833 bits per heavy atom. The van der Waals surface area contributed by atoms with E-state index in [0.717, 1.165) is 16.7 Å². The lowest BCUT2D eigenvalue weighted by atomic mass is 10.1. The van der Waals surface area contributed by atoms with Crippen LogP contribution in [0.4, 0.5) is 0 Å². The van der Waals surface area contributed by atoms with Crippen LogP contribution in [0.2, 0.25) is 5.02 Å². The monoisotopic (exact) mass is 499 g/mol. The summed E-state index contributed by atoms with van der Waals surface area (Å²) in [5, 5.41) is 16.1. The zero-order valence-corrected chi connectivity index (χ0v) is 19.9. The molecule has 0 fully saturated rings. The van der Waals surface area contributed by atoms with E-state index in [9.17, 15) is 4.79 Å². The molecular weight excluding hydrogens is 478 g/mol. The van der Waals surface area contributed by atoms with E-state index in [4.69, 9.17) is 21.1 Å². The highest BCUT2D eigenvalue weighted by atomic mass is 35.5. The minimum Gasteiger partial charge on any atom is -0.484 e. The number of fused-ring (bicyclic) bond motifs is 1. The van der Waals surface area contributed by atoms with Crippen molar-refractivity contribution in [3.63, 3.8) is 0 Å². The largest absolute Gasteiger partial charge is 0.484 e. The van der Waals surface area contributed by atoms with E-state index in [1.165, 1.54) is 0 Å². The standard InChI is InChI=1S/C27H22ClN5O3/c28-23-9-5-4-8-22(23)27-31-30-24-14-15-26(32-33(24)27)35-17-16-29-25(34)18-36-21-12-10-20(11-13-21)19-6-2-1-3-7-19/h1-15H,16-18H2,(H,29,34). The number of benzene rings is 3. The third kappa shape index (κ3) is 5.45.